The molecule has 5 rings (SSSR count). The maximum Gasteiger partial charge on any atom is 0.152 e. The molecule has 30 heavy (non-hydrogen) atoms. The Morgan fingerprint density at radius 1 is 1.13 bits per heavy atom. The number of ether oxygens (including phenoxy) is 1. The molecule has 0 atom stereocenters. The van der Waals surface area contributed by atoms with Crippen molar-refractivity contribution in [3.05, 3.63) is 48.2 Å². The van der Waals surface area contributed by atoms with E-state index in [0.717, 1.165) is 64.9 Å². The fourth-order valence-electron chi connectivity index (χ4n) is 3.97. The minimum atomic E-state index is 0.125. The molecule has 0 saturated heterocycles. The standard InChI is InChI=1S/C22H25N7O/c1-4-19-25-26-21-13-28(9-10-29(19)21)20-11-15(7-8-23-20)22-17-12-16(30-14(2)3)5-6-18(17)24-27-22/h5-8,11-12,14H,4,9-10,13H2,1-3H3,(H,24,27). The highest BCUT2D eigenvalue weighted by molar-refractivity contribution is 5.94. The molecule has 0 fully saturated rings. The number of nitrogens with zero attached hydrogens (tertiary/aromatic N) is 6. The monoisotopic (exact) mass is 403 g/mol. The van der Waals surface area contributed by atoms with Crippen LogP contribution < -0.4 is 9.64 Å². The van der Waals surface area contributed by atoms with Gasteiger partial charge in [-0.25, -0.2) is 4.98 Å². The highest BCUT2D eigenvalue weighted by Gasteiger charge is 2.22. The third-order valence-corrected chi connectivity index (χ3v) is 5.40. The minimum Gasteiger partial charge on any atom is -0.491 e. The second-order valence-electron chi connectivity index (χ2n) is 7.81. The number of nitrogens with one attached hydrogen (secondary N) is 1. The van der Waals surface area contributed by atoms with Gasteiger partial charge in [-0.2, -0.15) is 5.10 Å². The molecule has 154 valence electrons. The van der Waals surface area contributed by atoms with Crippen LogP contribution in [0.5, 0.6) is 5.75 Å². The van der Waals surface area contributed by atoms with Crippen LogP contribution in [0.3, 0.4) is 0 Å². The predicted molar refractivity (Wildman–Crippen MR) is 116 cm³/mol. The number of hydrogen-bond donors (Lipinski definition) is 1. The van der Waals surface area contributed by atoms with Crippen LogP contribution in [0.2, 0.25) is 0 Å². The van der Waals surface area contributed by atoms with Crippen molar-refractivity contribution in [2.45, 2.75) is 46.4 Å². The molecule has 3 aromatic heterocycles. The molecule has 4 aromatic rings. The van der Waals surface area contributed by atoms with Gasteiger partial charge in [0.05, 0.1) is 18.2 Å². The molecule has 8 heteroatoms. The van der Waals surface area contributed by atoms with Crippen molar-refractivity contribution in [3.8, 4) is 17.0 Å². The molecule has 1 aromatic carbocycles. The first-order valence-corrected chi connectivity index (χ1v) is 10.4. The summed E-state index contributed by atoms with van der Waals surface area (Å²) in [6, 6.07) is 10.1. The zero-order chi connectivity index (χ0) is 20.7. The van der Waals surface area contributed by atoms with E-state index in [2.05, 4.69) is 47.8 Å². The molecule has 0 aliphatic carbocycles. The Hall–Kier alpha value is -3.42. The number of hydrogen-bond acceptors (Lipinski definition) is 6. The lowest BCUT2D eigenvalue weighted by atomic mass is 10.1. The van der Waals surface area contributed by atoms with E-state index in [9.17, 15) is 0 Å². The highest BCUT2D eigenvalue weighted by atomic mass is 16.5. The van der Waals surface area contributed by atoms with Gasteiger partial charge in [0.15, 0.2) is 5.82 Å². The molecule has 0 amide bonds. The van der Waals surface area contributed by atoms with E-state index in [-0.39, 0.29) is 6.10 Å². The summed E-state index contributed by atoms with van der Waals surface area (Å²) in [5.74, 6) is 3.81. The summed E-state index contributed by atoms with van der Waals surface area (Å²) < 4.78 is 8.09. The maximum atomic E-state index is 5.87. The van der Waals surface area contributed by atoms with Crippen LogP contribution in [-0.4, -0.2) is 42.6 Å². The van der Waals surface area contributed by atoms with Crippen molar-refractivity contribution in [2.75, 3.05) is 11.4 Å². The van der Waals surface area contributed by atoms with E-state index in [0.29, 0.717) is 6.54 Å². The topological polar surface area (TPSA) is 84.8 Å². The van der Waals surface area contributed by atoms with Crippen LogP contribution >= 0.6 is 0 Å². The number of pyridine rings is 1. The van der Waals surface area contributed by atoms with E-state index < -0.39 is 0 Å². The van der Waals surface area contributed by atoms with Gasteiger partial charge < -0.3 is 14.2 Å². The summed E-state index contributed by atoms with van der Waals surface area (Å²) >= 11 is 0. The van der Waals surface area contributed by atoms with Crippen LogP contribution in [0.4, 0.5) is 5.82 Å². The molecule has 4 heterocycles. The van der Waals surface area contributed by atoms with Gasteiger partial charge in [-0.1, -0.05) is 6.92 Å². The number of benzene rings is 1. The summed E-state index contributed by atoms with van der Waals surface area (Å²) in [7, 11) is 0. The summed E-state index contributed by atoms with van der Waals surface area (Å²) in [5, 5.41) is 17.4. The second-order valence-corrected chi connectivity index (χ2v) is 7.81. The van der Waals surface area contributed by atoms with E-state index in [1.54, 1.807) is 0 Å². The van der Waals surface area contributed by atoms with Gasteiger partial charge in [0.1, 0.15) is 23.1 Å². The van der Waals surface area contributed by atoms with Gasteiger partial charge >= 0.3 is 0 Å². The predicted octanol–water partition coefficient (Wildman–Crippen LogP) is 3.59. The molecule has 0 radical (unpaired) electrons. The average molecular weight is 403 g/mol. The highest BCUT2D eigenvalue weighted by Crippen LogP contribution is 2.31. The third-order valence-electron chi connectivity index (χ3n) is 5.40. The molecule has 1 aliphatic rings. The van der Waals surface area contributed by atoms with Crippen molar-refractivity contribution < 1.29 is 4.74 Å². The van der Waals surface area contributed by atoms with Crippen LogP contribution in [0.25, 0.3) is 22.2 Å². The molecular formula is C22H25N7O. The Morgan fingerprint density at radius 3 is 2.87 bits per heavy atom. The third kappa shape index (κ3) is 3.28. The lowest BCUT2D eigenvalue weighted by molar-refractivity contribution is 0.243. The molecule has 8 nitrogen and oxygen atoms in total. The van der Waals surface area contributed by atoms with Crippen LogP contribution in [0.1, 0.15) is 32.4 Å². The van der Waals surface area contributed by atoms with E-state index >= 15 is 0 Å². The zero-order valence-electron chi connectivity index (χ0n) is 17.5. The smallest absolute Gasteiger partial charge is 0.152 e. The Bertz CT molecular complexity index is 1190. The number of H-pyrrole nitrogens is 1. The fraction of sp³-hybridized carbons (Fsp3) is 0.364. The molecule has 0 saturated carbocycles. The number of fused-ring (bicyclic) bond motifs is 2. The van der Waals surface area contributed by atoms with E-state index in [4.69, 9.17) is 4.74 Å². The maximum absolute atomic E-state index is 5.87. The largest absolute Gasteiger partial charge is 0.491 e. The first-order chi connectivity index (χ1) is 14.6. The fourth-order valence-corrected chi connectivity index (χ4v) is 3.97. The molecule has 1 N–H and O–H groups in total. The number of aryl methyl sites for hydroxylation is 1. The van der Waals surface area contributed by atoms with Gasteiger partial charge in [-0.15, -0.1) is 10.2 Å². The zero-order valence-corrected chi connectivity index (χ0v) is 17.5. The summed E-state index contributed by atoms with van der Waals surface area (Å²) in [4.78, 5) is 6.86. The summed E-state index contributed by atoms with van der Waals surface area (Å²) in [6.45, 7) is 8.62. The van der Waals surface area contributed by atoms with Gasteiger partial charge in [0.25, 0.3) is 0 Å². The minimum absolute atomic E-state index is 0.125. The normalized spacial score (nSPS) is 13.8. The molecular weight excluding hydrogens is 378 g/mol. The number of rotatable bonds is 5. The Kier molecular flexibility index (Phi) is 4.61. The Balaban J connectivity index is 1.47. The van der Waals surface area contributed by atoms with Crippen molar-refractivity contribution in [2.24, 2.45) is 0 Å². The lowest BCUT2D eigenvalue weighted by Gasteiger charge is -2.28. The van der Waals surface area contributed by atoms with Crippen LogP contribution in [-0.2, 0) is 19.5 Å². The van der Waals surface area contributed by atoms with Crippen molar-refractivity contribution in [1.29, 1.82) is 0 Å². The van der Waals surface area contributed by atoms with Gasteiger partial charge in [-0.3, -0.25) is 5.10 Å². The van der Waals surface area contributed by atoms with Gasteiger partial charge in [0.2, 0.25) is 0 Å². The number of anilines is 1. The summed E-state index contributed by atoms with van der Waals surface area (Å²) in [6.07, 6.45) is 2.87. The number of aromatic amines is 1. The molecule has 1 aliphatic heterocycles. The Morgan fingerprint density at radius 2 is 2.03 bits per heavy atom. The number of aromatic nitrogens is 6. The average Bonchev–Trinajstić information content (AvgIpc) is 3.36. The second kappa shape index (κ2) is 7.44. The SMILES string of the molecule is CCc1nnc2n1CCN(c1cc(-c3n[nH]c4ccc(OC(C)C)cc34)ccn1)C2. The molecule has 0 spiro atoms. The quantitative estimate of drug-likeness (QED) is 0.548. The first-order valence-electron chi connectivity index (χ1n) is 10.4. The first kappa shape index (κ1) is 18.6. The molecule has 0 bridgehead atoms. The van der Waals surface area contributed by atoms with Crippen molar-refractivity contribution in [3.63, 3.8) is 0 Å². The van der Waals surface area contributed by atoms with E-state index in [1.807, 2.05) is 44.3 Å². The summed E-state index contributed by atoms with van der Waals surface area (Å²) in [5.41, 5.74) is 2.91. The van der Waals surface area contributed by atoms with Crippen molar-refractivity contribution >= 4 is 16.7 Å². The molecule has 0 unspecified atom stereocenters. The Labute approximate surface area is 174 Å². The lowest BCUT2D eigenvalue weighted by Crippen LogP contribution is -2.34. The van der Waals surface area contributed by atoms with Gasteiger partial charge in [0, 0.05) is 36.7 Å². The van der Waals surface area contributed by atoms with Gasteiger partial charge in [-0.05, 0) is 44.2 Å². The van der Waals surface area contributed by atoms with Crippen LogP contribution in [0.15, 0.2) is 36.5 Å². The van der Waals surface area contributed by atoms with Crippen LogP contribution in [0, 0.1) is 0 Å². The van der Waals surface area contributed by atoms with Crippen molar-refractivity contribution in [1.82, 2.24) is 29.9 Å². The van der Waals surface area contributed by atoms with E-state index in [1.165, 1.54) is 0 Å².